The summed E-state index contributed by atoms with van der Waals surface area (Å²) in [5, 5.41) is 8.30. The van der Waals surface area contributed by atoms with Crippen molar-refractivity contribution >= 4 is 65.3 Å². The molecule has 0 N–H and O–H groups in total. The standard InChI is InChI=1S/C48H30N4/c1-3-15-32(16-4-1)36-22-13-23-39-46(33-17-5-2-6-18-33)49-48(50-47(36)39)52-41-25-12-10-21-38(41)45-43(52)29-28-42-44(45)37-20-9-11-24-40(37)51(42)35-27-26-31-14-7-8-19-34(31)30-35/h1-30H. The highest BCUT2D eigenvalue weighted by molar-refractivity contribution is 6.29. The Morgan fingerprint density at radius 2 is 0.942 bits per heavy atom. The van der Waals surface area contributed by atoms with E-state index in [0.29, 0.717) is 5.95 Å². The van der Waals surface area contributed by atoms with Crippen molar-refractivity contribution in [2.45, 2.75) is 0 Å². The van der Waals surface area contributed by atoms with Gasteiger partial charge in [-0.3, -0.25) is 4.57 Å². The van der Waals surface area contributed by atoms with Gasteiger partial charge < -0.3 is 4.57 Å². The van der Waals surface area contributed by atoms with Crippen LogP contribution in [0.3, 0.4) is 0 Å². The lowest BCUT2D eigenvalue weighted by Gasteiger charge is -2.14. The van der Waals surface area contributed by atoms with Crippen molar-refractivity contribution in [2.24, 2.45) is 0 Å². The summed E-state index contributed by atoms with van der Waals surface area (Å²) < 4.78 is 4.68. The molecule has 0 aliphatic heterocycles. The van der Waals surface area contributed by atoms with Gasteiger partial charge in [-0.1, -0.05) is 146 Å². The smallest absolute Gasteiger partial charge is 0.235 e. The van der Waals surface area contributed by atoms with Crippen LogP contribution in [0.1, 0.15) is 0 Å². The molecule has 0 bridgehead atoms. The van der Waals surface area contributed by atoms with E-state index in [-0.39, 0.29) is 0 Å². The molecule has 0 radical (unpaired) electrons. The Balaban J connectivity index is 1.26. The van der Waals surface area contributed by atoms with Gasteiger partial charge in [0.05, 0.1) is 33.3 Å². The topological polar surface area (TPSA) is 35.6 Å². The van der Waals surface area contributed by atoms with Crippen molar-refractivity contribution in [3.05, 3.63) is 182 Å². The van der Waals surface area contributed by atoms with Crippen molar-refractivity contribution in [1.82, 2.24) is 19.1 Å². The van der Waals surface area contributed by atoms with Crippen LogP contribution in [0.25, 0.3) is 99.3 Å². The number of rotatable bonds is 4. The van der Waals surface area contributed by atoms with E-state index in [0.717, 1.165) is 50.0 Å². The molecule has 4 nitrogen and oxygen atoms in total. The molecular weight excluding hydrogens is 633 g/mol. The Bertz CT molecular complexity index is 3170. The second-order valence-electron chi connectivity index (χ2n) is 13.4. The van der Waals surface area contributed by atoms with Crippen molar-refractivity contribution in [1.29, 1.82) is 0 Å². The number of nitrogens with zero attached hydrogens (tertiary/aromatic N) is 4. The molecule has 52 heavy (non-hydrogen) atoms. The largest absolute Gasteiger partial charge is 0.309 e. The molecule has 242 valence electrons. The molecule has 0 unspecified atom stereocenters. The van der Waals surface area contributed by atoms with Crippen LogP contribution in [0.4, 0.5) is 0 Å². The number of para-hydroxylation sites is 3. The second-order valence-corrected chi connectivity index (χ2v) is 13.4. The van der Waals surface area contributed by atoms with Crippen molar-refractivity contribution in [3.63, 3.8) is 0 Å². The average molecular weight is 663 g/mol. The van der Waals surface area contributed by atoms with E-state index in [1.165, 1.54) is 43.4 Å². The van der Waals surface area contributed by atoms with E-state index in [4.69, 9.17) is 9.97 Å². The second kappa shape index (κ2) is 11.2. The summed E-state index contributed by atoms with van der Waals surface area (Å²) >= 11 is 0. The summed E-state index contributed by atoms with van der Waals surface area (Å²) in [6.45, 7) is 0. The molecule has 0 amide bonds. The SMILES string of the molecule is c1ccc(-c2nc(-n3c4ccccc4c4c5c6ccccc6n(-c6ccc7ccccc7c6)c5ccc43)nc3c(-c4ccccc4)cccc23)cc1. The molecule has 8 aromatic carbocycles. The third kappa shape index (κ3) is 4.21. The molecule has 0 aliphatic rings. The van der Waals surface area contributed by atoms with Gasteiger partial charge in [0.2, 0.25) is 5.95 Å². The molecule has 0 spiro atoms. The molecule has 3 aromatic heterocycles. The predicted octanol–water partition coefficient (Wildman–Crippen LogP) is 12.3. The minimum Gasteiger partial charge on any atom is -0.309 e. The van der Waals surface area contributed by atoms with Crippen LogP contribution in [-0.2, 0) is 0 Å². The number of benzene rings is 8. The lowest BCUT2D eigenvalue weighted by molar-refractivity contribution is 1.01. The van der Waals surface area contributed by atoms with Crippen molar-refractivity contribution < 1.29 is 0 Å². The summed E-state index contributed by atoms with van der Waals surface area (Å²) in [4.78, 5) is 10.9. The first kappa shape index (κ1) is 28.8. The highest BCUT2D eigenvalue weighted by atomic mass is 15.2. The Hall–Kier alpha value is -7.04. The van der Waals surface area contributed by atoms with E-state index < -0.39 is 0 Å². The number of fused-ring (bicyclic) bond motifs is 9. The zero-order valence-electron chi connectivity index (χ0n) is 28.1. The lowest BCUT2D eigenvalue weighted by atomic mass is 9.99. The fourth-order valence-electron chi connectivity index (χ4n) is 8.23. The number of hydrogen-bond donors (Lipinski definition) is 0. The first-order valence-corrected chi connectivity index (χ1v) is 17.7. The van der Waals surface area contributed by atoms with Gasteiger partial charge in [0.1, 0.15) is 0 Å². The third-order valence-corrected chi connectivity index (χ3v) is 10.5. The van der Waals surface area contributed by atoms with Gasteiger partial charge in [0, 0.05) is 43.7 Å². The van der Waals surface area contributed by atoms with E-state index in [2.05, 4.69) is 191 Å². The summed E-state index contributed by atoms with van der Waals surface area (Å²) in [6, 6.07) is 64.8. The Morgan fingerprint density at radius 3 is 1.67 bits per heavy atom. The minimum atomic E-state index is 0.651. The maximum absolute atomic E-state index is 5.45. The third-order valence-electron chi connectivity index (χ3n) is 10.5. The fourth-order valence-corrected chi connectivity index (χ4v) is 8.23. The fraction of sp³-hybridized carbons (Fsp3) is 0. The molecule has 11 rings (SSSR count). The zero-order valence-corrected chi connectivity index (χ0v) is 28.1. The van der Waals surface area contributed by atoms with Gasteiger partial charge >= 0.3 is 0 Å². The maximum atomic E-state index is 5.45. The highest BCUT2D eigenvalue weighted by Gasteiger charge is 2.23. The van der Waals surface area contributed by atoms with Crippen molar-refractivity contribution in [3.8, 4) is 34.0 Å². The van der Waals surface area contributed by atoms with E-state index in [1.54, 1.807) is 0 Å². The van der Waals surface area contributed by atoms with Crippen LogP contribution in [0.5, 0.6) is 0 Å². The van der Waals surface area contributed by atoms with Gasteiger partial charge in [-0.05, 0) is 52.7 Å². The van der Waals surface area contributed by atoms with Crippen LogP contribution in [-0.4, -0.2) is 19.1 Å². The van der Waals surface area contributed by atoms with Crippen LogP contribution in [0, 0.1) is 0 Å². The Morgan fingerprint density at radius 1 is 0.365 bits per heavy atom. The molecule has 3 heterocycles. The molecule has 0 fully saturated rings. The van der Waals surface area contributed by atoms with E-state index in [9.17, 15) is 0 Å². The molecule has 0 saturated carbocycles. The molecule has 0 saturated heterocycles. The first-order valence-electron chi connectivity index (χ1n) is 17.7. The van der Waals surface area contributed by atoms with Gasteiger partial charge in [-0.2, -0.15) is 0 Å². The highest BCUT2D eigenvalue weighted by Crippen LogP contribution is 2.43. The van der Waals surface area contributed by atoms with Gasteiger partial charge in [0.15, 0.2) is 0 Å². The Kier molecular flexibility index (Phi) is 6.22. The van der Waals surface area contributed by atoms with Gasteiger partial charge in [-0.15, -0.1) is 0 Å². The van der Waals surface area contributed by atoms with E-state index in [1.807, 2.05) is 0 Å². The minimum absolute atomic E-state index is 0.651. The van der Waals surface area contributed by atoms with Crippen LogP contribution in [0.15, 0.2) is 182 Å². The average Bonchev–Trinajstić information content (AvgIpc) is 3.73. The van der Waals surface area contributed by atoms with Gasteiger partial charge in [-0.25, -0.2) is 9.97 Å². The molecule has 11 aromatic rings. The molecule has 4 heteroatoms. The zero-order chi connectivity index (χ0) is 34.2. The van der Waals surface area contributed by atoms with E-state index >= 15 is 0 Å². The molecule has 0 atom stereocenters. The quantitative estimate of drug-likeness (QED) is 0.188. The summed E-state index contributed by atoms with van der Waals surface area (Å²) in [5.74, 6) is 0.651. The molecule has 0 aliphatic carbocycles. The first-order chi connectivity index (χ1) is 25.8. The summed E-state index contributed by atoms with van der Waals surface area (Å²) in [6.07, 6.45) is 0. The Labute approximate surface area is 299 Å². The maximum Gasteiger partial charge on any atom is 0.235 e. The summed E-state index contributed by atoms with van der Waals surface area (Å²) in [5.41, 5.74) is 10.8. The summed E-state index contributed by atoms with van der Waals surface area (Å²) in [7, 11) is 0. The number of aromatic nitrogens is 4. The van der Waals surface area contributed by atoms with Crippen LogP contribution in [0.2, 0.25) is 0 Å². The van der Waals surface area contributed by atoms with Crippen LogP contribution >= 0.6 is 0 Å². The number of hydrogen-bond acceptors (Lipinski definition) is 2. The predicted molar refractivity (Wildman–Crippen MR) is 217 cm³/mol. The molecular formula is C48H30N4. The lowest BCUT2D eigenvalue weighted by Crippen LogP contribution is -2.04. The van der Waals surface area contributed by atoms with Crippen LogP contribution < -0.4 is 0 Å². The normalized spacial score (nSPS) is 11.8. The monoisotopic (exact) mass is 662 g/mol. The van der Waals surface area contributed by atoms with Gasteiger partial charge in [0.25, 0.3) is 0 Å². The van der Waals surface area contributed by atoms with Crippen molar-refractivity contribution in [2.75, 3.05) is 0 Å².